The van der Waals surface area contributed by atoms with Crippen LogP contribution in [0.1, 0.15) is 19.0 Å². The summed E-state index contributed by atoms with van der Waals surface area (Å²) in [5.41, 5.74) is 1.18. The Morgan fingerprint density at radius 1 is 1.67 bits per heavy atom. The minimum absolute atomic E-state index is 0.651. The number of ether oxygens (including phenoxy) is 1. The van der Waals surface area contributed by atoms with E-state index >= 15 is 0 Å². The molecule has 0 spiro atoms. The first-order valence-corrected chi connectivity index (χ1v) is 5.06. The Balaban J connectivity index is 2.80. The van der Waals surface area contributed by atoms with Crippen molar-refractivity contribution in [2.75, 3.05) is 7.11 Å². The number of rotatable bonds is 4. The van der Waals surface area contributed by atoms with Gasteiger partial charge < -0.3 is 4.74 Å². The van der Waals surface area contributed by atoms with Crippen molar-refractivity contribution in [2.24, 2.45) is 0 Å². The first-order valence-electron chi connectivity index (χ1n) is 3.98. The molecule has 0 fully saturated rings. The molecule has 3 nitrogen and oxygen atoms in total. The van der Waals surface area contributed by atoms with Crippen molar-refractivity contribution in [2.45, 2.75) is 26.5 Å². The largest absolute Gasteiger partial charge is 0.378 e. The van der Waals surface area contributed by atoms with E-state index in [1.165, 1.54) is 9.26 Å². The molecule has 0 N–H and O–H groups in total. The lowest BCUT2D eigenvalue weighted by Crippen LogP contribution is -2.05. The standard InChI is InChI=1S/C8H13IN2O/c1-3-4-11-8(6-12-2)7(9)5-10-11/h5H,3-4,6H2,1-2H3. The van der Waals surface area contributed by atoms with Gasteiger partial charge >= 0.3 is 0 Å². The summed E-state index contributed by atoms with van der Waals surface area (Å²) >= 11 is 2.28. The highest BCUT2D eigenvalue weighted by Gasteiger charge is 2.06. The van der Waals surface area contributed by atoms with Gasteiger partial charge in [-0.3, -0.25) is 4.68 Å². The van der Waals surface area contributed by atoms with Crippen LogP contribution in [-0.4, -0.2) is 16.9 Å². The molecule has 0 radical (unpaired) electrons. The van der Waals surface area contributed by atoms with Crippen LogP contribution in [0.3, 0.4) is 0 Å². The van der Waals surface area contributed by atoms with Crippen LogP contribution >= 0.6 is 22.6 Å². The van der Waals surface area contributed by atoms with Crippen LogP contribution in [0.15, 0.2) is 6.20 Å². The molecule has 68 valence electrons. The van der Waals surface area contributed by atoms with E-state index in [9.17, 15) is 0 Å². The molecule has 1 heterocycles. The molecule has 0 atom stereocenters. The smallest absolute Gasteiger partial charge is 0.0891 e. The van der Waals surface area contributed by atoms with Gasteiger partial charge in [0, 0.05) is 13.7 Å². The number of nitrogens with zero attached hydrogens (tertiary/aromatic N) is 2. The van der Waals surface area contributed by atoms with Crippen molar-refractivity contribution in [1.29, 1.82) is 0 Å². The van der Waals surface area contributed by atoms with Gasteiger partial charge in [-0.2, -0.15) is 5.10 Å². The molecule has 0 aromatic carbocycles. The van der Waals surface area contributed by atoms with Gasteiger partial charge in [0.2, 0.25) is 0 Å². The average molecular weight is 280 g/mol. The Hall–Kier alpha value is -0.100. The molecule has 1 rings (SSSR count). The van der Waals surface area contributed by atoms with Gasteiger partial charge in [-0.05, 0) is 29.0 Å². The number of methoxy groups -OCH3 is 1. The maximum absolute atomic E-state index is 5.09. The molecule has 0 aliphatic carbocycles. The zero-order chi connectivity index (χ0) is 8.97. The Morgan fingerprint density at radius 3 is 3.00 bits per heavy atom. The van der Waals surface area contributed by atoms with Crippen LogP contribution in [0.25, 0.3) is 0 Å². The zero-order valence-electron chi connectivity index (χ0n) is 7.38. The van der Waals surface area contributed by atoms with Crippen LogP contribution in [0, 0.1) is 3.57 Å². The van der Waals surface area contributed by atoms with Crippen LogP contribution in [0.5, 0.6) is 0 Å². The normalized spacial score (nSPS) is 10.6. The Bertz CT molecular complexity index is 247. The van der Waals surface area contributed by atoms with Crippen molar-refractivity contribution in [1.82, 2.24) is 9.78 Å². The number of halogens is 1. The molecular formula is C8H13IN2O. The molecule has 0 unspecified atom stereocenters. The van der Waals surface area contributed by atoms with Gasteiger partial charge in [0.05, 0.1) is 22.1 Å². The molecule has 0 amide bonds. The maximum atomic E-state index is 5.09. The summed E-state index contributed by atoms with van der Waals surface area (Å²) < 4.78 is 8.28. The monoisotopic (exact) mass is 280 g/mol. The summed E-state index contributed by atoms with van der Waals surface area (Å²) in [6.45, 7) is 3.77. The molecule has 4 heteroatoms. The van der Waals surface area contributed by atoms with E-state index in [1.54, 1.807) is 7.11 Å². The second-order valence-corrected chi connectivity index (χ2v) is 3.76. The van der Waals surface area contributed by atoms with E-state index in [0.717, 1.165) is 13.0 Å². The summed E-state index contributed by atoms with van der Waals surface area (Å²) in [6.07, 6.45) is 2.99. The lowest BCUT2D eigenvalue weighted by molar-refractivity contribution is 0.175. The Kier molecular flexibility index (Phi) is 4.00. The number of aryl methyl sites for hydroxylation is 1. The van der Waals surface area contributed by atoms with Gasteiger partial charge in [-0.25, -0.2) is 0 Å². The predicted molar refractivity (Wildman–Crippen MR) is 55.9 cm³/mol. The van der Waals surface area contributed by atoms with Gasteiger partial charge in [-0.1, -0.05) is 6.92 Å². The van der Waals surface area contributed by atoms with Crippen molar-refractivity contribution in [3.05, 3.63) is 15.5 Å². The van der Waals surface area contributed by atoms with E-state index in [0.29, 0.717) is 6.61 Å². The molecule has 1 aromatic heterocycles. The van der Waals surface area contributed by atoms with Crippen molar-refractivity contribution < 1.29 is 4.74 Å². The van der Waals surface area contributed by atoms with Crippen LogP contribution in [0.2, 0.25) is 0 Å². The van der Waals surface area contributed by atoms with Crippen LogP contribution in [-0.2, 0) is 17.9 Å². The number of hydrogen-bond acceptors (Lipinski definition) is 2. The van der Waals surface area contributed by atoms with E-state index in [4.69, 9.17) is 4.74 Å². The lowest BCUT2D eigenvalue weighted by Gasteiger charge is -2.04. The zero-order valence-corrected chi connectivity index (χ0v) is 9.54. The molecule has 12 heavy (non-hydrogen) atoms. The number of hydrogen-bond donors (Lipinski definition) is 0. The highest BCUT2D eigenvalue weighted by Crippen LogP contribution is 2.12. The Labute approximate surface area is 86.2 Å². The first kappa shape index (κ1) is 9.98. The maximum Gasteiger partial charge on any atom is 0.0891 e. The molecule has 1 aromatic rings. The van der Waals surface area contributed by atoms with Crippen molar-refractivity contribution in [3.8, 4) is 0 Å². The fourth-order valence-corrected chi connectivity index (χ4v) is 1.63. The third-order valence-electron chi connectivity index (χ3n) is 1.61. The molecule has 0 bridgehead atoms. The van der Waals surface area contributed by atoms with Gasteiger partial charge in [0.25, 0.3) is 0 Å². The van der Waals surface area contributed by atoms with E-state index < -0.39 is 0 Å². The van der Waals surface area contributed by atoms with Gasteiger partial charge in [-0.15, -0.1) is 0 Å². The first-order chi connectivity index (χ1) is 5.79. The predicted octanol–water partition coefficient (Wildman–Crippen LogP) is 2.04. The van der Waals surface area contributed by atoms with Crippen molar-refractivity contribution >= 4 is 22.6 Å². The van der Waals surface area contributed by atoms with E-state index in [-0.39, 0.29) is 0 Å². The lowest BCUT2D eigenvalue weighted by atomic mass is 10.4. The second-order valence-electron chi connectivity index (χ2n) is 2.60. The van der Waals surface area contributed by atoms with Crippen molar-refractivity contribution in [3.63, 3.8) is 0 Å². The van der Waals surface area contributed by atoms with E-state index in [2.05, 4.69) is 34.6 Å². The second kappa shape index (κ2) is 4.81. The summed E-state index contributed by atoms with van der Waals surface area (Å²) in [4.78, 5) is 0. The number of aromatic nitrogens is 2. The van der Waals surface area contributed by atoms with Crippen LogP contribution < -0.4 is 0 Å². The summed E-state index contributed by atoms with van der Waals surface area (Å²) in [5.74, 6) is 0. The van der Waals surface area contributed by atoms with E-state index in [1.807, 2.05) is 10.9 Å². The summed E-state index contributed by atoms with van der Waals surface area (Å²) in [5, 5.41) is 4.25. The molecule has 0 saturated heterocycles. The minimum Gasteiger partial charge on any atom is -0.378 e. The molecule has 0 saturated carbocycles. The molecule has 0 aliphatic heterocycles. The quantitative estimate of drug-likeness (QED) is 0.789. The highest BCUT2D eigenvalue weighted by atomic mass is 127. The molecule has 0 aliphatic rings. The summed E-state index contributed by atoms with van der Waals surface area (Å²) in [7, 11) is 1.71. The summed E-state index contributed by atoms with van der Waals surface area (Å²) in [6, 6.07) is 0. The topological polar surface area (TPSA) is 27.1 Å². The third-order valence-corrected chi connectivity index (χ3v) is 2.52. The molecular weight excluding hydrogens is 267 g/mol. The highest BCUT2D eigenvalue weighted by molar-refractivity contribution is 14.1. The fourth-order valence-electron chi connectivity index (χ4n) is 1.07. The van der Waals surface area contributed by atoms with Gasteiger partial charge in [0.15, 0.2) is 0 Å². The van der Waals surface area contributed by atoms with Crippen LogP contribution in [0.4, 0.5) is 0 Å². The third kappa shape index (κ3) is 2.20. The average Bonchev–Trinajstić information content (AvgIpc) is 2.37. The Morgan fingerprint density at radius 2 is 2.42 bits per heavy atom. The SMILES string of the molecule is CCCn1ncc(I)c1COC. The fraction of sp³-hybridized carbons (Fsp3) is 0.625. The van der Waals surface area contributed by atoms with Gasteiger partial charge in [0.1, 0.15) is 0 Å². The minimum atomic E-state index is 0.651.